The first-order valence-electron chi connectivity index (χ1n) is 7.99. The summed E-state index contributed by atoms with van der Waals surface area (Å²) in [5.74, 6) is -0.222. The van der Waals surface area contributed by atoms with Gasteiger partial charge in [-0.2, -0.15) is 0 Å². The number of nitrogens with one attached hydrogen (secondary N) is 1. The Morgan fingerprint density at radius 1 is 0.760 bits per heavy atom. The predicted octanol–water partition coefficient (Wildman–Crippen LogP) is 5.56. The Labute approximate surface area is 157 Å². The van der Waals surface area contributed by atoms with Crippen molar-refractivity contribution < 1.29 is 4.79 Å². The zero-order valence-corrected chi connectivity index (χ0v) is 15.0. The molecule has 3 rings (SSSR count). The number of halogens is 2. The lowest BCUT2D eigenvalue weighted by atomic mass is 9.91. The van der Waals surface area contributed by atoms with E-state index in [0.717, 1.165) is 11.1 Å². The van der Waals surface area contributed by atoms with Gasteiger partial charge in [-0.05, 0) is 23.3 Å². The topological polar surface area (TPSA) is 29.1 Å². The first-order valence-corrected chi connectivity index (χ1v) is 8.74. The highest BCUT2D eigenvalue weighted by Crippen LogP contribution is 2.26. The van der Waals surface area contributed by atoms with Gasteiger partial charge >= 0.3 is 0 Å². The molecule has 25 heavy (non-hydrogen) atoms. The van der Waals surface area contributed by atoms with Crippen LogP contribution in [0.3, 0.4) is 0 Å². The Balaban J connectivity index is 1.83. The molecule has 126 valence electrons. The predicted molar refractivity (Wildman–Crippen MR) is 104 cm³/mol. The molecule has 0 aromatic heterocycles. The molecule has 0 heterocycles. The Morgan fingerprint density at radius 2 is 1.24 bits per heavy atom. The molecule has 0 unspecified atom stereocenters. The summed E-state index contributed by atoms with van der Waals surface area (Å²) in [4.78, 5) is 12.6. The maximum absolute atomic E-state index is 12.6. The molecule has 0 aliphatic heterocycles. The van der Waals surface area contributed by atoms with E-state index in [-0.39, 0.29) is 11.8 Å². The van der Waals surface area contributed by atoms with Crippen LogP contribution < -0.4 is 5.32 Å². The van der Waals surface area contributed by atoms with E-state index in [1.807, 2.05) is 36.4 Å². The molecule has 0 atom stereocenters. The highest BCUT2D eigenvalue weighted by atomic mass is 35.5. The van der Waals surface area contributed by atoms with Gasteiger partial charge in [0, 0.05) is 12.5 Å². The molecule has 4 heteroatoms. The molecule has 1 amide bonds. The quantitative estimate of drug-likeness (QED) is 0.626. The van der Waals surface area contributed by atoms with Gasteiger partial charge in [-0.3, -0.25) is 4.79 Å². The summed E-state index contributed by atoms with van der Waals surface area (Å²) in [5, 5.41) is 3.67. The molecule has 0 fully saturated rings. The second-order valence-electron chi connectivity index (χ2n) is 5.68. The van der Waals surface area contributed by atoms with E-state index < -0.39 is 0 Å². The van der Waals surface area contributed by atoms with Crippen LogP contribution in [0, 0.1) is 0 Å². The molecule has 3 aromatic carbocycles. The fourth-order valence-corrected chi connectivity index (χ4v) is 3.37. The molecule has 2 nitrogen and oxygen atoms in total. The summed E-state index contributed by atoms with van der Waals surface area (Å²) in [6, 6.07) is 25.2. The molecule has 0 aliphatic carbocycles. The Hall–Kier alpha value is -2.29. The van der Waals surface area contributed by atoms with E-state index in [2.05, 4.69) is 29.6 Å². The second kappa shape index (κ2) is 8.19. The number of carbonyl (C=O) groups is 1. The minimum Gasteiger partial charge on any atom is -0.351 e. The van der Waals surface area contributed by atoms with Crippen LogP contribution in [0.15, 0.2) is 78.9 Å². The van der Waals surface area contributed by atoms with Crippen molar-refractivity contribution in [1.82, 2.24) is 5.32 Å². The Kier molecular flexibility index (Phi) is 5.75. The fraction of sp³-hybridized carbons (Fsp3) is 0.0952. The molecule has 0 radical (unpaired) electrons. The maximum atomic E-state index is 12.6. The van der Waals surface area contributed by atoms with E-state index >= 15 is 0 Å². The van der Waals surface area contributed by atoms with Gasteiger partial charge in [0.2, 0.25) is 0 Å². The minimum absolute atomic E-state index is 0.0487. The van der Waals surface area contributed by atoms with Gasteiger partial charge in [0.25, 0.3) is 5.91 Å². The van der Waals surface area contributed by atoms with E-state index in [1.54, 1.807) is 18.2 Å². The van der Waals surface area contributed by atoms with Crippen molar-refractivity contribution in [1.29, 1.82) is 0 Å². The molecular formula is C21H17Cl2NO. The van der Waals surface area contributed by atoms with Crippen LogP contribution in [0.4, 0.5) is 0 Å². The number of amides is 1. The van der Waals surface area contributed by atoms with Crippen LogP contribution in [0.5, 0.6) is 0 Å². The van der Waals surface area contributed by atoms with Gasteiger partial charge in [-0.25, -0.2) is 0 Å². The van der Waals surface area contributed by atoms with Gasteiger partial charge in [-0.15, -0.1) is 0 Å². The summed E-state index contributed by atoms with van der Waals surface area (Å²) in [7, 11) is 0. The Morgan fingerprint density at radius 3 is 1.72 bits per heavy atom. The number of hydrogen-bond donors (Lipinski definition) is 1. The summed E-state index contributed by atoms with van der Waals surface area (Å²) < 4.78 is 0. The normalized spacial score (nSPS) is 10.7. The largest absolute Gasteiger partial charge is 0.351 e. The van der Waals surface area contributed by atoms with Crippen LogP contribution >= 0.6 is 23.2 Å². The third kappa shape index (κ3) is 4.22. The smallest absolute Gasteiger partial charge is 0.254 e. The van der Waals surface area contributed by atoms with Gasteiger partial charge in [0.15, 0.2) is 0 Å². The Bertz CT molecular complexity index is 791. The average Bonchev–Trinajstić information content (AvgIpc) is 2.63. The monoisotopic (exact) mass is 369 g/mol. The number of rotatable bonds is 5. The van der Waals surface area contributed by atoms with Crippen molar-refractivity contribution in [2.24, 2.45) is 0 Å². The van der Waals surface area contributed by atoms with E-state index in [1.165, 1.54) is 0 Å². The highest BCUT2D eigenvalue weighted by molar-refractivity contribution is 6.39. The first-order chi connectivity index (χ1) is 12.2. The van der Waals surface area contributed by atoms with Gasteiger partial charge in [0.05, 0.1) is 15.6 Å². The highest BCUT2D eigenvalue weighted by Gasteiger charge is 2.18. The van der Waals surface area contributed by atoms with Gasteiger partial charge < -0.3 is 5.32 Å². The van der Waals surface area contributed by atoms with Crippen molar-refractivity contribution in [3.8, 4) is 0 Å². The van der Waals surface area contributed by atoms with Gasteiger partial charge in [0.1, 0.15) is 0 Å². The van der Waals surface area contributed by atoms with E-state index in [4.69, 9.17) is 23.2 Å². The SMILES string of the molecule is O=C(NCC(c1ccccc1)c1ccccc1)c1c(Cl)cccc1Cl. The van der Waals surface area contributed by atoms with Crippen molar-refractivity contribution >= 4 is 29.1 Å². The lowest BCUT2D eigenvalue weighted by Gasteiger charge is -2.19. The lowest BCUT2D eigenvalue weighted by Crippen LogP contribution is -2.29. The van der Waals surface area contributed by atoms with Crippen LogP contribution in [-0.2, 0) is 0 Å². The number of carbonyl (C=O) groups excluding carboxylic acids is 1. The molecule has 0 saturated heterocycles. The van der Waals surface area contributed by atoms with Gasteiger partial charge in [-0.1, -0.05) is 89.9 Å². The number of benzene rings is 3. The lowest BCUT2D eigenvalue weighted by molar-refractivity contribution is 0.0952. The van der Waals surface area contributed by atoms with Crippen molar-refractivity contribution in [3.63, 3.8) is 0 Å². The van der Waals surface area contributed by atoms with Crippen LogP contribution in [0.2, 0.25) is 10.0 Å². The number of hydrogen-bond acceptors (Lipinski definition) is 1. The fourth-order valence-electron chi connectivity index (χ4n) is 2.80. The minimum atomic E-state index is -0.271. The molecular weight excluding hydrogens is 353 g/mol. The zero-order valence-electron chi connectivity index (χ0n) is 13.5. The third-order valence-corrected chi connectivity index (χ3v) is 4.69. The van der Waals surface area contributed by atoms with Crippen LogP contribution in [0.1, 0.15) is 27.4 Å². The summed E-state index contributed by atoms with van der Waals surface area (Å²) in [5.41, 5.74) is 2.59. The molecule has 3 aromatic rings. The van der Waals surface area contributed by atoms with Crippen molar-refractivity contribution in [3.05, 3.63) is 106 Å². The summed E-state index contributed by atoms with van der Waals surface area (Å²) >= 11 is 12.3. The average molecular weight is 370 g/mol. The third-order valence-electron chi connectivity index (χ3n) is 4.06. The van der Waals surface area contributed by atoms with Crippen molar-refractivity contribution in [2.45, 2.75) is 5.92 Å². The zero-order chi connectivity index (χ0) is 17.6. The molecule has 0 aliphatic rings. The molecule has 0 bridgehead atoms. The standard InChI is InChI=1S/C21H17Cl2NO/c22-18-12-7-13-19(23)20(18)21(25)24-14-17(15-8-3-1-4-9-15)16-10-5-2-6-11-16/h1-13,17H,14H2,(H,24,25). The summed E-state index contributed by atoms with van der Waals surface area (Å²) in [6.45, 7) is 0.453. The van der Waals surface area contributed by atoms with Crippen LogP contribution in [-0.4, -0.2) is 12.5 Å². The molecule has 0 spiro atoms. The maximum Gasteiger partial charge on any atom is 0.254 e. The molecule has 0 saturated carbocycles. The second-order valence-corrected chi connectivity index (χ2v) is 6.50. The van der Waals surface area contributed by atoms with E-state index in [0.29, 0.717) is 22.2 Å². The first kappa shape index (κ1) is 17.5. The van der Waals surface area contributed by atoms with E-state index in [9.17, 15) is 4.79 Å². The summed E-state index contributed by atoms with van der Waals surface area (Å²) in [6.07, 6.45) is 0. The van der Waals surface area contributed by atoms with Crippen LogP contribution in [0.25, 0.3) is 0 Å². The van der Waals surface area contributed by atoms with Crippen molar-refractivity contribution in [2.75, 3.05) is 6.54 Å². The molecule has 1 N–H and O–H groups in total.